The van der Waals surface area contributed by atoms with Gasteiger partial charge in [-0.1, -0.05) is 30.2 Å². The normalized spacial score (nSPS) is 23.2. The highest BCUT2D eigenvalue weighted by molar-refractivity contribution is 6.02. The van der Waals surface area contributed by atoms with Gasteiger partial charge in [0.25, 0.3) is 0 Å². The van der Waals surface area contributed by atoms with Crippen LogP contribution in [0.25, 0.3) is 32.9 Å². The number of benzene rings is 2. The Labute approximate surface area is 289 Å². The van der Waals surface area contributed by atoms with Crippen LogP contribution in [0.1, 0.15) is 56.7 Å². The van der Waals surface area contributed by atoms with Gasteiger partial charge in [-0.05, 0) is 69.9 Å². The third-order valence-corrected chi connectivity index (χ3v) is 10.9. The molecule has 4 aromatic rings. The maximum atomic E-state index is 17.1. The first kappa shape index (κ1) is 32.6. The molecule has 0 radical (unpaired) electrons. The van der Waals surface area contributed by atoms with Gasteiger partial charge in [0.1, 0.15) is 36.1 Å². The molecule has 2 aromatic heterocycles. The zero-order valence-corrected chi connectivity index (χ0v) is 28.1. The molecule has 50 heavy (non-hydrogen) atoms. The lowest BCUT2D eigenvalue weighted by atomic mass is 9.95. The minimum absolute atomic E-state index is 0.0215. The van der Waals surface area contributed by atoms with E-state index in [2.05, 4.69) is 21.0 Å². The highest BCUT2D eigenvalue weighted by Crippen LogP contribution is 2.44. The molecule has 0 spiro atoms. The number of fused-ring (bicyclic) bond motifs is 4. The summed E-state index contributed by atoms with van der Waals surface area (Å²) < 4.78 is 50.1. The van der Waals surface area contributed by atoms with E-state index in [0.717, 1.165) is 45.1 Å². The number of carbonyl (C=O) groups is 1. The molecule has 8 rings (SSSR count). The van der Waals surface area contributed by atoms with E-state index in [-0.39, 0.29) is 40.4 Å². The summed E-state index contributed by atoms with van der Waals surface area (Å²) in [6, 6.07) is 8.53. The number of pyridine rings is 1. The van der Waals surface area contributed by atoms with Gasteiger partial charge in [0.2, 0.25) is 0 Å². The number of halogens is 2. The Morgan fingerprint density at radius 3 is 2.88 bits per heavy atom. The molecule has 0 saturated carbocycles. The fourth-order valence-corrected chi connectivity index (χ4v) is 8.54. The van der Waals surface area contributed by atoms with Crippen LogP contribution in [-0.2, 0) is 15.9 Å². The van der Waals surface area contributed by atoms with Crippen molar-refractivity contribution in [2.75, 3.05) is 51.0 Å². The van der Waals surface area contributed by atoms with Crippen LogP contribution in [0.3, 0.4) is 0 Å². The maximum absolute atomic E-state index is 17.1. The molecule has 3 fully saturated rings. The summed E-state index contributed by atoms with van der Waals surface area (Å²) in [5, 5.41) is 4.38. The minimum Gasteiger partial charge on any atom is -0.461 e. The van der Waals surface area contributed by atoms with E-state index in [4.69, 9.17) is 35.6 Å². The van der Waals surface area contributed by atoms with Crippen molar-refractivity contribution in [1.82, 2.24) is 25.2 Å². The molecule has 1 N–H and O–H groups in total. The molecule has 0 aliphatic carbocycles. The summed E-state index contributed by atoms with van der Waals surface area (Å²) in [5.41, 5.74) is 1.07. The summed E-state index contributed by atoms with van der Waals surface area (Å²) in [6.07, 6.45) is 11.1. The van der Waals surface area contributed by atoms with Crippen LogP contribution in [0.5, 0.6) is 6.01 Å². The number of amides is 1. The fraction of sp³-hybridized carbons (Fsp3) is 0.474. The van der Waals surface area contributed by atoms with E-state index in [1.807, 2.05) is 13.0 Å². The van der Waals surface area contributed by atoms with Gasteiger partial charge in [-0.3, -0.25) is 4.90 Å². The van der Waals surface area contributed by atoms with Crippen LogP contribution in [0.4, 0.5) is 19.4 Å². The largest absolute Gasteiger partial charge is 0.461 e. The summed E-state index contributed by atoms with van der Waals surface area (Å²) in [4.78, 5) is 31.3. The molecule has 0 unspecified atom stereocenters. The van der Waals surface area contributed by atoms with E-state index >= 15 is 4.39 Å². The van der Waals surface area contributed by atoms with Crippen LogP contribution in [0, 0.1) is 24.0 Å². The van der Waals surface area contributed by atoms with Gasteiger partial charge in [-0.15, -0.1) is 6.42 Å². The first-order valence-corrected chi connectivity index (χ1v) is 17.6. The van der Waals surface area contributed by atoms with Crippen LogP contribution in [0.15, 0.2) is 30.3 Å². The lowest BCUT2D eigenvalue weighted by Gasteiger charge is -2.34. The second-order valence-electron chi connectivity index (χ2n) is 13.7. The number of hydrogen-bond donors (Lipinski definition) is 1. The molecule has 1 amide bonds. The molecule has 3 saturated heterocycles. The zero-order valence-electron chi connectivity index (χ0n) is 28.1. The topological polar surface area (TPSA) is 102 Å². The Bertz CT molecular complexity index is 2020. The molecule has 260 valence electrons. The molecule has 2 aromatic carbocycles. The SMILES string of the molecule is C#Cc1c(F)ccc2cccc(-c3nc4c5c(nc(OC[C@@]67CCCN6[C@H](COC(=O)NCC)CC7)nc5c3F)N3CCCOC[C@@H]3CC4)c12. The lowest BCUT2D eigenvalue weighted by Crippen LogP contribution is -2.48. The predicted molar refractivity (Wildman–Crippen MR) is 185 cm³/mol. The van der Waals surface area contributed by atoms with E-state index in [1.54, 1.807) is 18.2 Å². The number of rotatable bonds is 7. The highest BCUT2D eigenvalue weighted by Gasteiger charge is 2.50. The molecule has 12 heteroatoms. The average molecular weight is 683 g/mol. The summed E-state index contributed by atoms with van der Waals surface area (Å²) >= 11 is 0. The minimum atomic E-state index is -0.634. The maximum Gasteiger partial charge on any atom is 0.407 e. The zero-order chi connectivity index (χ0) is 34.4. The Morgan fingerprint density at radius 1 is 1.12 bits per heavy atom. The Morgan fingerprint density at radius 2 is 2.02 bits per heavy atom. The quantitative estimate of drug-likeness (QED) is 0.244. The van der Waals surface area contributed by atoms with Crippen molar-refractivity contribution < 1.29 is 27.8 Å². The van der Waals surface area contributed by atoms with Crippen molar-refractivity contribution in [1.29, 1.82) is 0 Å². The summed E-state index contributed by atoms with van der Waals surface area (Å²) in [6.45, 7) is 5.74. The van der Waals surface area contributed by atoms with Crippen molar-refractivity contribution >= 4 is 33.6 Å². The Kier molecular flexibility index (Phi) is 8.65. The van der Waals surface area contributed by atoms with Crippen LogP contribution >= 0.6 is 0 Å². The number of carbonyl (C=O) groups excluding carboxylic acids is 1. The number of aryl methyl sites for hydroxylation is 1. The Hall–Kier alpha value is -4.60. The van der Waals surface area contributed by atoms with Crippen molar-refractivity contribution in [3.63, 3.8) is 0 Å². The molecule has 4 aliphatic heterocycles. The molecule has 0 bridgehead atoms. The highest BCUT2D eigenvalue weighted by atomic mass is 19.1. The van der Waals surface area contributed by atoms with Crippen molar-refractivity contribution in [3.8, 4) is 29.6 Å². The van der Waals surface area contributed by atoms with Crippen molar-refractivity contribution in [2.24, 2.45) is 0 Å². The monoisotopic (exact) mass is 682 g/mol. The van der Waals surface area contributed by atoms with Gasteiger partial charge in [-0.25, -0.2) is 18.6 Å². The number of ether oxygens (including phenoxy) is 3. The number of anilines is 1. The second-order valence-corrected chi connectivity index (χ2v) is 13.7. The Balaban J connectivity index is 1.21. The molecular formula is C38H40F2N6O4. The van der Waals surface area contributed by atoms with Crippen LogP contribution < -0.4 is 15.0 Å². The molecule has 4 aliphatic rings. The lowest BCUT2D eigenvalue weighted by molar-refractivity contribution is 0.0552. The van der Waals surface area contributed by atoms with E-state index in [9.17, 15) is 9.18 Å². The van der Waals surface area contributed by atoms with Gasteiger partial charge >= 0.3 is 12.1 Å². The number of nitrogens with zero attached hydrogens (tertiary/aromatic N) is 5. The first-order chi connectivity index (χ1) is 24.4. The third kappa shape index (κ3) is 5.57. The van der Waals surface area contributed by atoms with Gasteiger partial charge in [0.05, 0.1) is 34.8 Å². The second kappa shape index (κ2) is 13.3. The number of aromatic nitrogens is 3. The smallest absolute Gasteiger partial charge is 0.407 e. The third-order valence-electron chi connectivity index (χ3n) is 10.9. The number of nitrogens with one attached hydrogen (secondary N) is 1. The summed E-state index contributed by atoms with van der Waals surface area (Å²) in [5.74, 6) is 1.89. The van der Waals surface area contributed by atoms with E-state index in [0.29, 0.717) is 79.2 Å². The van der Waals surface area contributed by atoms with Crippen LogP contribution in [-0.4, -0.2) is 89.6 Å². The number of hydrogen-bond acceptors (Lipinski definition) is 9. The van der Waals surface area contributed by atoms with Gasteiger partial charge in [-0.2, -0.15) is 9.97 Å². The first-order valence-electron chi connectivity index (χ1n) is 17.6. The number of terminal acetylenes is 1. The van der Waals surface area contributed by atoms with Gasteiger partial charge < -0.3 is 24.4 Å². The van der Waals surface area contributed by atoms with Gasteiger partial charge in [0, 0.05) is 36.7 Å². The molecule has 6 heterocycles. The fourth-order valence-electron chi connectivity index (χ4n) is 8.54. The molecule has 10 nitrogen and oxygen atoms in total. The molecular weight excluding hydrogens is 642 g/mol. The van der Waals surface area contributed by atoms with Crippen molar-refractivity contribution in [3.05, 3.63) is 53.2 Å². The standard InChI is InChI=1S/C38H40F2N6O4/c1-3-26-28(39)12-10-23-8-5-9-27(30(23)26)33-32(40)34-31-29(42-33)13-11-24-20-48-19-7-17-45(24)35(31)44-36(43-34)50-22-38-15-6-18-46(38)25(14-16-38)21-49-37(47)41-4-2/h1,5,8-10,12,24-25H,4,6-7,11,13-22H2,2H3,(H,41,47)/t24-,25-,38-/m0/s1. The predicted octanol–water partition coefficient (Wildman–Crippen LogP) is 5.77. The van der Waals surface area contributed by atoms with Crippen molar-refractivity contribution in [2.45, 2.75) is 69.5 Å². The number of alkyl carbamates (subject to hydrolysis) is 1. The van der Waals surface area contributed by atoms with E-state index in [1.165, 1.54) is 6.07 Å². The van der Waals surface area contributed by atoms with E-state index < -0.39 is 17.7 Å². The summed E-state index contributed by atoms with van der Waals surface area (Å²) in [7, 11) is 0. The average Bonchev–Trinajstić information content (AvgIpc) is 3.54. The molecule has 3 atom stereocenters. The van der Waals surface area contributed by atoms with Crippen LogP contribution in [0.2, 0.25) is 0 Å². The van der Waals surface area contributed by atoms with Gasteiger partial charge in [0.15, 0.2) is 5.82 Å².